The van der Waals surface area contributed by atoms with E-state index < -0.39 is 0 Å². The van der Waals surface area contributed by atoms with Crippen LogP contribution in [0.4, 0.5) is 0 Å². The third kappa shape index (κ3) is 4.53. The minimum absolute atomic E-state index is 0.0346. The van der Waals surface area contributed by atoms with Crippen LogP contribution in [0.3, 0.4) is 0 Å². The summed E-state index contributed by atoms with van der Waals surface area (Å²) in [5.74, 6) is 0.155. The largest absolute Gasteiger partial charge is 0.352 e. The van der Waals surface area contributed by atoms with E-state index in [-0.39, 0.29) is 11.2 Å². The first-order valence-corrected chi connectivity index (χ1v) is 8.28. The van der Waals surface area contributed by atoms with Crippen LogP contribution in [0.25, 0.3) is 0 Å². The second-order valence-corrected chi connectivity index (χ2v) is 6.81. The molecule has 0 spiro atoms. The van der Waals surface area contributed by atoms with E-state index in [9.17, 15) is 4.79 Å². The number of carbonyl (C=O) groups excluding carboxylic acids is 1. The van der Waals surface area contributed by atoms with Gasteiger partial charge >= 0.3 is 0 Å². The average Bonchev–Trinajstić information content (AvgIpc) is 3.23. The molecule has 2 atom stereocenters. The maximum Gasteiger partial charge on any atom is 0.233 e. The standard InChI is InChI=1S/C16H24N2OS/c1-4-17-11(2)13-5-9-15(10-6-13)20-12(3)16(19)18-14-7-8-14/h5-6,9-12,14,17H,4,7-8H2,1-3H3,(H,18,19). The summed E-state index contributed by atoms with van der Waals surface area (Å²) in [6, 6.07) is 9.30. The van der Waals surface area contributed by atoms with Crippen molar-refractivity contribution < 1.29 is 4.79 Å². The van der Waals surface area contributed by atoms with Crippen molar-refractivity contribution in [2.24, 2.45) is 0 Å². The van der Waals surface area contributed by atoms with E-state index >= 15 is 0 Å². The molecule has 0 radical (unpaired) electrons. The molecule has 2 N–H and O–H groups in total. The van der Waals surface area contributed by atoms with Gasteiger partial charge in [0.15, 0.2) is 0 Å². The zero-order valence-corrected chi connectivity index (χ0v) is 13.3. The highest BCUT2D eigenvalue weighted by Gasteiger charge is 2.25. The summed E-state index contributed by atoms with van der Waals surface area (Å²) in [5, 5.41) is 6.41. The average molecular weight is 292 g/mol. The van der Waals surface area contributed by atoms with Crippen LogP contribution < -0.4 is 10.6 Å². The Kier molecular flexibility index (Phi) is 5.49. The first-order valence-electron chi connectivity index (χ1n) is 7.40. The monoisotopic (exact) mass is 292 g/mol. The second-order valence-electron chi connectivity index (χ2n) is 5.39. The molecule has 0 bridgehead atoms. The Bertz CT molecular complexity index is 442. The van der Waals surface area contributed by atoms with E-state index in [4.69, 9.17) is 0 Å². The SMILES string of the molecule is CCNC(C)c1ccc(SC(C)C(=O)NC2CC2)cc1. The molecule has 4 heteroatoms. The van der Waals surface area contributed by atoms with Crippen LogP contribution in [0, 0.1) is 0 Å². The predicted molar refractivity (Wildman–Crippen MR) is 85.0 cm³/mol. The fraction of sp³-hybridized carbons (Fsp3) is 0.562. The van der Waals surface area contributed by atoms with Gasteiger partial charge in [-0.2, -0.15) is 0 Å². The lowest BCUT2D eigenvalue weighted by molar-refractivity contribution is -0.120. The van der Waals surface area contributed by atoms with Crippen LogP contribution in [0.5, 0.6) is 0 Å². The fourth-order valence-electron chi connectivity index (χ4n) is 2.06. The lowest BCUT2D eigenvalue weighted by atomic mass is 10.1. The molecule has 110 valence electrons. The van der Waals surface area contributed by atoms with E-state index in [1.165, 1.54) is 5.56 Å². The molecule has 1 aromatic rings. The lowest BCUT2D eigenvalue weighted by Crippen LogP contribution is -2.32. The lowest BCUT2D eigenvalue weighted by Gasteiger charge is -2.14. The van der Waals surface area contributed by atoms with Crippen molar-refractivity contribution in [3.05, 3.63) is 29.8 Å². The Morgan fingerprint density at radius 2 is 1.95 bits per heavy atom. The van der Waals surface area contributed by atoms with Crippen molar-refractivity contribution >= 4 is 17.7 Å². The molecule has 1 aliphatic rings. The molecular formula is C16H24N2OS. The third-order valence-corrected chi connectivity index (χ3v) is 4.61. The number of amides is 1. The molecule has 2 unspecified atom stereocenters. The normalized spacial score (nSPS) is 17.6. The zero-order valence-electron chi connectivity index (χ0n) is 12.5. The first-order chi connectivity index (χ1) is 9.60. The molecule has 1 amide bonds. The maximum atomic E-state index is 11.9. The maximum absolute atomic E-state index is 11.9. The van der Waals surface area contributed by atoms with Gasteiger partial charge in [-0.1, -0.05) is 19.1 Å². The van der Waals surface area contributed by atoms with Crippen LogP contribution in [0.2, 0.25) is 0 Å². The van der Waals surface area contributed by atoms with Crippen molar-refractivity contribution in [3.63, 3.8) is 0 Å². The second kappa shape index (κ2) is 7.14. The van der Waals surface area contributed by atoms with Gasteiger partial charge in [-0.05, 0) is 50.9 Å². The summed E-state index contributed by atoms with van der Waals surface area (Å²) in [6.07, 6.45) is 2.28. The molecule has 2 rings (SSSR count). The molecule has 0 aromatic heterocycles. The highest BCUT2D eigenvalue weighted by Crippen LogP contribution is 2.26. The van der Waals surface area contributed by atoms with Gasteiger partial charge < -0.3 is 10.6 Å². The van der Waals surface area contributed by atoms with E-state index in [0.29, 0.717) is 12.1 Å². The molecule has 1 fully saturated rings. The van der Waals surface area contributed by atoms with Crippen molar-refractivity contribution in [1.29, 1.82) is 0 Å². The molecule has 3 nitrogen and oxygen atoms in total. The smallest absolute Gasteiger partial charge is 0.233 e. The third-order valence-electron chi connectivity index (χ3n) is 3.50. The van der Waals surface area contributed by atoms with Crippen LogP contribution in [-0.2, 0) is 4.79 Å². The van der Waals surface area contributed by atoms with E-state index in [1.807, 2.05) is 6.92 Å². The van der Waals surface area contributed by atoms with Crippen LogP contribution in [0.15, 0.2) is 29.2 Å². The van der Waals surface area contributed by atoms with Crippen molar-refractivity contribution in [2.75, 3.05) is 6.54 Å². The fourth-order valence-corrected chi connectivity index (χ4v) is 2.94. The number of thioether (sulfide) groups is 1. The predicted octanol–water partition coefficient (Wildman–Crippen LogP) is 3.12. The molecule has 1 saturated carbocycles. The van der Waals surface area contributed by atoms with Gasteiger partial charge in [0.2, 0.25) is 5.91 Å². The van der Waals surface area contributed by atoms with Gasteiger partial charge in [0.05, 0.1) is 5.25 Å². The van der Waals surface area contributed by atoms with Crippen molar-refractivity contribution in [1.82, 2.24) is 10.6 Å². The topological polar surface area (TPSA) is 41.1 Å². The highest BCUT2D eigenvalue weighted by atomic mass is 32.2. The number of nitrogens with one attached hydrogen (secondary N) is 2. The molecule has 0 aliphatic heterocycles. The summed E-state index contributed by atoms with van der Waals surface area (Å²) in [7, 11) is 0. The van der Waals surface area contributed by atoms with Gasteiger partial charge in [-0.15, -0.1) is 11.8 Å². The molecular weight excluding hydrogens is 268 g/mol. The Morgan fingerprint density at radius 3 is 2.50 bits per heavy atom. The van der Waals surface area contributed by atoms with Gasteiger partial charge in [0.1, 0.15) is 0 Å². The molecule has 0 saturated heterocycles. The van der Waals surface area contributed by atoms with E-state index in [1.54, 1.807) is 11.8 Å². The molecule has 0 heterocycles. The number of hydrogen-bond acceptors (Lipinski definition) is 3. The number of hydrogen-bond donors (Lipinski definition) is 2. The highest BCUT2D eigenvalue weighted by molar-refractivity contribution is 8.00. The summed E-state index contributed by atoms with van der Waals surface area (Å²) < 4.78 is 0. The van der Waals surface area contributed by atoms with E-state index in [2.05, 4.69) is 48.7 Å². The van der Waals surface area contributed by atoms with E-state index in [0.717, 1.165) is 24.3 Å². The van der Waals surface area contributed by atoms with Crippen LogP contribution >= 0.6 is 11.8 Å². The Hall–Kier alpha value is -1.00. The number of carbonyl (C=O) groups is 1. The summed E-state index contributed by atoms with van der Waals surface area (Å²) in [4.78, 5) is 13.1. The molecule has 1 aliphatic carbocycles. The number of rotatable bonds is 7. The van der Waals surface area contributed by atoms with Crippen molar-refractivity contribution in [2.45, 2.75) is 55.8 Å². The zero-order chi connectivity index (χ0) is 14.5. The number of benzene rings is 1. The van der Waals surface area contributed by atoms with Crippen LogP contribution in [-0.4, -0.2) is 23.7 Å². The molecule has 1 aromatic carbocycles. The minimum atomic E-state index is -0.0346. The summed E-state index contributed by atoms with van der Waals surface area (Å²) in [6.45, 7) is 7.21. The quantitative estimate of drug-likeness (QED) is 0.759. The summed E-state index contributed by atoms with van der Waals surface area (Å²) >= 11 is 1.62. The van der Waals surface area contributed by atoms with Crippen LogP contribution in [0.1, 0.15) is 45.2 Å². The Balaban J connectivity index is 1.87. The molecule has 20 heavy (non-hydrogen) atoms. The van der Waals surface area contributed by atoms with Gasteiger partial charge in [-0.25, -0.2) is 0 Å². The minimum Gasteiger partial charge on any atom is -0.352 e. The van der Waals surface area contributed by atoms with Gasteiger partial charge in [0.25, 0.3) is 0 Å². The van der Waals surface area contributed by atoms with Gasteiger partial charge in [0, 0.05) is 17.0 Å². The van der Waals surface area contributed by atoms with Crippen molar-refractivity contribution in [3.8, 4) is 0 Å². The Morgan fingerprint density at radius 1 is 1.30 bits per heavy atom. The van der Waals surface area contributed by atoms with Gasteiger partial charge in [-0.3, -0.25) is 4.79 Å². The first kappa shape index (κ1) is 15.4. The Labute approximate surface area is 125 Å². The summed E-state index contributed by atoms with van der Waals surface area (Å²) in [5.41, 5.74) is 1.28.